The van der Waals surface area contributed by atoms with E-state index in [0.717, 1.165) is 6.42 Å². The first-order valence-corrected chi connectivity index (χ1v) is 8.83. The summed E-state index contributed by atoms with van der Waals surface area (Å²) in [5.74, 6) is -0.844. The second-order valence-corrected chi connectivity index (χ2v) is 6.50. The van der Waals surface area contributed by atoms with Gasteiger partial charge >= 0.3 is 0 Å². The molecular formula is C21H21FN2O3. The van der Waals surface area contributed by atoms with Gasteiger partial charge in [0, 0.05) is 30.4 Å². The predicted octanol–water partition coefficient (Wildman–Crippen LogP) is 3.07. The summed E-state index contributed by atoms with van der Waals surface area (Å²) in [6.45, 7) is 0.947. The number of nitrogens with one attached hydrogen (secondary N) is 1. The van der Waals surface area contributed by atoms with Crippen molar-refractivity contribution in [1.82, 2.24) is 4.90 Å². The van der Waals surface area contributed by atoms with Crippen LogP contribution >= 0.6 is 0 Å². The fourth-order valence-electron chi connectivity index (χ4n) is 2.98. The molecule has 2 N–H and O–H groups in total. The molecule has 3 rings (SSSR count). The summed E-state index contributed by atoms with van der Waals surface area (Å²) in [5.41, 5.74) is 1.68. The SMILES string of the molecule is O=C(/C=C/c1ccc(F)cc1)Nc1cccc(C(=O)N2CCCC(O)C2)c1. The van der Waals surface area contributed by atoms with Gasteiger partial charge in [-0.2, -0.15) is 0 Å². The summed E-state index contributed by atoms with van der Waals surface area (Å²) >= 11 is 0. The molecule has 1 unspecified atom stereocenters. The lowest BCUT2D eigenvalue weighted by atomic mass is 10.1. The van der Waals surface area contributed by atoms with Crippen LogP contribution < -0.4 is 5.32 Å². The second-order valence-electron chi connectivity index (χ2n) is 6.50. The Morgan fingerprint density at radius 2 is 1.96 bits per heavy atom. The third-order valence-corrected chi connectivity index (χ3v) is 4.36. The van der Waals surface area contributed by atoms with Crippen molar-refractivity contribution in [3.63, 3.8) is 0 Å². The number of aliphatic hydroxyl groups excluding tert-OH is 1. The molecule has 1 fully saturated rings. The van der Waals surface area contributed by atoms with E-state index in [1.165, 1.54) is 18.2 Å². The third-order valence-electron chi connectivity index (χ3n) is 4.36. The Kier molecular flexibility index (Phi) is 5.98. The number of carbonyl (C=O) groups is 2. The lowest BCUT2D eigenvalue weighted by Gasteiger charge is -2.30. The van der Waals surface area contributed by atoms with Crippen LogP contribution in [0.2, 0.25) is 0 Å². The van der Waals surface area contributed by atoms with Gasteiger partial charge in [0.15, 0.2) is 0 Å². The van der Waals surface area contributed by atoms with Crippen molar-refractivity contribution in [2.75, 3.05) is 18.4 Å². The fourth-order valence-corrected chi connectivity index (χ4v) is 2.98. The van der Waals surface area contributed by atoms with Crippen molar-refractivity contribution in [3.8, 4) is 0 Å². The average molecular weight is 368 g/mol. The molecule has 2 amide bonds. The van der Waals surface area contributed by atoms with E-state index < -0.39 is 6.10 Å². The van der Waals surface area contributed by atoms with Gasteiger partial charge in [0.1, 0.15) is 5.82 Å². The van der Waals surface area contributed by atoms with Gasteiger partial charge in [-0.25, -0.2) is 4.39 Å². The molecule has 0 aliphatic carbocycles. The quantitative estimate of drug-likeness (QED) is 0.815. The van der Waals surface area contributed by atoms with Crippen molar-refractivity contribution in [1.29, 1.82) is 0 Å². The Morgan fingerprint density at radius 3 is 2.70 bits per heavy atom. The van der Waals surface area contributed by atoms with Crippen LogP contribution in [0.15, 0.2) is 54.6 Å². The van der Waals surface area contributed by atoms with Gasteiger partial charge in [-0.05, 0) is 54.8 Å². The Morgan fingerprint density at radius 1 is 1.19 bits per heavy atom. The van der Waals surface area contributed by atoms with Gasteiger partial charge in [-0.3, -0.25) is 9.59 Å². The number of carbonyl (C=O) groups excluding carboxylic acids is 2. The number of hydrogen-bond acceptors (Lipinski definition) is 3. The van der Waals surface area contributed by atoms with Crippen molar-refractivity contribution in [2.45, 2.75) is 18.9 Å². The van der Waals surface area contributed by atoms with Crippen LogP contribution in [0, 0.1) is 5.82 Å². The first kappa shape index (κ1) is 18.8. The lowest BCUT2D eigenvalue weighted by Crippen LogP contribution is -2.42. The molecule has 0 spiro atoms. The molecule has 27 heavy (non-hydrogen) atoms. The lowest BCUT2D eigenvalue weighted by molar-refractivity contribution is -0.111. The van der Waals surface area contributed by atoms with Crippen LogP contribution in [-0.2, 0) is 4.79 Å². The number of halogens is 1. The van der Waals surface area contributed by atoms with E-state index >= 15 is 0 Å². The van der Waals surface area contributed by atoms with Crippen LogP contribution in [0.1, 0.15) is 28.8 Å². The summed E-state index contributed by atoms with van der Waals surface area (Å²) in [6, 6.07) is 12.5. The highest BCUT2D eigenvalue weighted by Crippen LogP contribution is 2.17. The van der Waals surface area contributed by atoms with E-state index in [2.05, 4.69) is 5.32 Å². The molecule has 0 radical (unpaired) electrons. The molecule has 0 saturated carbocycles. The maximum atomic E-state index is 12.9. The highest BCUT2D eigenvalue weighted by Gasteiger charge is 2.23. The number of amides is 2. The highest BCUT2D eigenvalue weighted by molar-refractivity contribution is 6.03. The zero-order valence-corrected chi connectivity index (χ0v) is 14.8. The number of likely N-dealkylation sites (tertiary alicyclic amines) is 1. The van der Waals surface area contributed by atoms with Crippen LogP contribution in [0.25, 0.3) is 6.08 Å². The number of aliphatic hydroxyl groups is 1. The number of anilines is 1. The van der Waals surface area contributed by atoms with E-state index in [0.29, 0.717) is 36.3 Å². The van der Waals surface area contributed by atoms with Gasteiger partial charge < -0.3 is 15.3 Å². The summed E-state index contributed by atoms with van der Waals surface area (Å²) < 4.78 is 12.9. The fraction of sp³-hybridized carbons (Fsp3) is 0.238. The smallest absolute Gasteiger partial charge is 0.254 e. The first-order chi connectivity index (χ1) is 13.0. The number of piperidine rings is 1. The number of hydrogen-bond donors (Lipinski definition) is 2. The maximum Gasteiger partial charge on any atom is 0.254 e. The minimum absolute atomic E-state index is 0.160. The van der Waals surface area contributed by atoms with Crippen molar-refractivity contribution < 1.29 is 19.1 Å². The predicted molar refractivity (Wildman–Crippen MR) is 102 cm³/mol. The van der Waals surface area contributed by atoms with Gasteiger partial charge in [-0.15, -0.1) is 0 Å². The van der Waals surface area contributed by atoms with Gasteiger partial charge in [0.25, 0.3) is 5.91 Å². The van der Waals surface area contributed by atoms with E-state index in [9.17, 15) is 19.1 Å². The largest absolute Gasteiger partial charge is 0.391 e. The molecule has 2 aromatic carbocycles. The minimum Gasteiger partial charge on any atom is -0.391 e. The van der Waals surface area contributed by atoms with Crippen molar-refractivity contribution in [3.05, 3.63) is 71.6 Å². The molecule has 1 atom stereocenters. The average Bonchev–Trinajstić information content (AvgIpc) is 2.67. The highest BCUT2D eigenvalue weighted by atomic mass is 19.1. The Labute approximate surface area is 157 Å². The van der Waals surface area contributed by atoms with Crippen LogP contribution in [-0.4, -0.2) is 41.0 Å². The van der Waals surface area contributed by atoms with Crippen molar-refractivity contribution >= 4 is 23.6 Å². The third kappa shape index (κ3) is 5.24. The molecule has 1 heterocycles. The molecule has 0 bridgehead atoms. The molecule has 1 saturated heterocycles. The van der Waals surface area contributed by atoms with Gasteiger partial charge in [-0.1, -0.05) is 18.2 Å². The molecule has 1 aliphatic rings. The molecular weight excluding hydrogens is 347 g/mol. The summed E-state index contributed by atoms with van der Waals surface area (Å²) in [5, 5.41) is 12.4. The van der Waals surface area contributed by atoms with Gasteiger partial charge in [0.05, 0.1) is 6.10 Å². The summed E-state index contributed by atoms with van der Waals surface area (Å²) in [6.07, 6.45) is 3.93. The molecule has 5 nitrogen and oxygen atoms in total. The van der Waals surface area contributed by atoms with Crippen LogP contribution in [0.3, 0.4) is 0 Å². The normalized spacial score (nSPS) is 17.1. The van der Waals surface area contributed by atoms with E-state index in [1.54, 1.807) is 47.4 Å². The number of β-amino-alcohol motifs (C(OH)–C–C–N with tert-alkyl or cyclic N) is 1. The summed E-state index contributed by atoms with van der Waals surface area (Å²) in [7, 11) is 0. The molecule has 1 aliphatic heterocycles. The van der Waals surface area contributed by atoms with Crippen molar-refractivity contribution in [2.24, 2.45) is 0 Å². The van der Waals surface area contributed by atoms with E-state index in [1.807, 2.05) is 0 Å². The topological polar surface area (TPSA) is 69.6 Å². The van der Waals surface area contributed by atoms with Crippen LogP contribution in [0.5, 0.6) is 0 Å². The monoisotopic (exact) mass is 368 g/mol. The number of nitrogens with zero attached hydrogens (tertiary/aromatic N) is 1. The Hall–Kier alpha value is -2.99. The zero-order chi connectivity index (χ0) is 19.2. The van der Waals surface area contributed by atoms with E-state index in [-0.39, 0.29) is 17.6 Å². The zero-order valence-electron chi connectivity index (χ0n) is 14.8. The number of rotatable bonds is 4. The van der Waals surface area contributed by atoms with E-state index in [4.69, 9.17) is 0 Å². The molecule has 140 valence electrons. The summed E-state index contributed by atoms with van der Waals surface area (Å²) in [4.78, 5) is 26.3. The van der Waals surface area contributed by atoms with Crippen LogP contribution in [0.4, 0.5) is 10.1 Å². The molecule has 0 aromatic heterocycles. The molecule has 6 heteroatoms. The second kappa shape index (κ2) is 8.60. The van der Waals surface area contributed by atoms with Gasteiger partial charge in [0.2, 0.25) is 5.91 Å². The Bertz CT molecular complexity index is 849. The maximum absolute atomic E-state index is 12.9. The minimum atomic E-state index is -0.484. The standard InChI is InChI=1S/C21H21FN2O3/c22-17-9-6-15(7-10-17)8-11-20(26)23-18-4-1-3-16(13-18)21(27)24-12-2-5-19(25)14-24/h1,3-4,6-11,13,19,25H,2,5,12,14H2,(H,23,26)/b11-8+. The number of benzene rings is 2. The molecule has 2 aromatic rings. The first-order valence-electron chi connectivity index (χ1n) is 8.83. The Balaban J connectivity index is 1.63.